The van der Waals surface area contributed by atoms with Crippen LogP contribution in [-0.2, 0) is 9.84 Å². The van der Waals surface area contributed by atoms with E-state index in [9.17, 15) is 8.42 Å². The number of sulfone groups is 1. The van der Waals surface area contributed by atoms with Crippen LogP contribution in [0.25, 0.3) is 0 Å². The highest BCUT2D eigenvalue weighted by atomic mass is 32.2. The van der Waals surface area contributed by atoms with Crippen molar-refractivity contribution in [2.45, 2.75) is 38.4 Å². The van der Waals surface area contributed by atoms with E-state index in [1.165, 1.54) is 17.4 Å². The number of hydrogen-bond donors (Lipinski definition) is 2. The van der Waals surface area contributed by atoms with Crippen molar-refractivity contribution in [1.29, 1.82) is 0 Å². The van der Waals surface area contributed by atoms with Gasteiger partial charge < -0.3 is 10.6 Å². The van der Waals surface area contributed by atoms with Crippen molar-refractivity contribution in [2.75, 3.05) is 26.4 Å². The second kappa shape index (κ2) is 7.81. The summed E-state index contributed by atoms with van der Waals surface area (Å²) in [5.74, 6) is 0.942. The SMILES string of the molecule is CN=C(NCC(C)c1cccc(C)c1)NCC(C)(C)S(C)(=O)=O. The Hall–Kier alpha value is -1.56. The maximum Gasteiger partial charge on any atom is 0.191 e. The van der Waals surface area contributed by atoms with Crippen molar-refractivity contribution in [2.24, 2.45) is 4.99 Å². The molecule has 0 aliphatic heterocycles. The Morgan fingerprint density at radius 2 is 1.96 bits per heavy atom. The molecule has 0 fully saturated rings. The van der Waals surface area contributed by atoms with Crippen LogP contribution in [0.4, 0.5) is 0 Å². The molecule has 23 heavy (non-hydrogen) atoms. The first-order chi connectivity index (χ1) is 10.6. The molecule has 130 valence electrons. The molecule has 0 bridgehead atoms. The summed E-state index contributed by atoms with van der Waals surface area (Å²) in [6.45, 7) is 8.68. The van der Waals surface area contributed by atoms with E-state index in [1.807, 2.05) is 0 Å². The monoisotopic (exact) mass is 339 g/mol. The molecule has 0 aliphatic rings. The molecule has 1 aromatic rings. The van der Waals surface area contributed by atoms with E-state index in [2.05, 4.69) is 53.7 Å². The fraction of sp³-hybridized carbons (Fsp3) is 0.588. The van der Waals surface area contributed by atoms with E-state index in [1.54, 1.807) is 20.9 Å². The zero-order valence-corrected chi connectivity index (χ0v) is 15.8. The number of nitrogens with one attached hydrogen (secondary N) is 2. The van der Waals surface area contributed by atoms with Crippen LogP contribution in [0.3, 0.4) is 0 Å². The van der Waals surface area contributed by atoms with Crippen LogP contribution in [-0.4, -0.2) is 45.5 Å². The maximum atomic E-state index is 11.7. The highest BCUT2D eigenvalue weighted by Gasteiger charge is 2.30. The van der Waals surface area contributed by atoms with Crippen molar-refractivity contribution in [3.8, 4) is 0 Å². The highest BCUT2D eigenvalue weighted by molar-refractivity contribution is 7.92. The normalized spacial score (nSPS) is 14.4. The molecule has 0 radical (unpaired) electrons. The molecule has 1 aromatic carbocycles. The minimum Gasteiger partial charge on any atom is -0.356 e. The van der Waals surface area contributed by atoms with E-state index in [0.717, 1.165) is 6.54 Å². The van der Waals surface area contributed by atoms with Gasteiger partial charge in [-0.15, -0.1) is 0 Å². The highest BCUT2D eigenvalue weighted by Crippen LogP contribution is 2.15. The average Bonchev–Trinajstić information content (AvgIpc) is 2.46. The van der Waals surface area contributed by atoms with Gasteiger partial charge in [-0.25, -0.2) is 8.42 Å². The van der Waals surface area contributed by atoms with E-state index >= 15 is 0 Å². The first-order valence-electron chi connectivity index (χ1n) is 7.77. The molecule has 1 atom stereocenters. The minimum atomic E-state index is -3.13. The largest absolute Gasteiger partial charge is 0.356 e. The summed E-state index contributed by atoms with van der Waals surface area (Å²) in [4.78, 5) is 4.16. The van der Waals surface area contributed by atoms with Crippen molar-refractivity contribution < 1.29 is 8.42 Å². The number of hydrogen-bond acceptors (Lipinski definition) is 3. The summed E-state index contributed by atoms with van der Waals surface area (Å²) < 4.78 is 22.6. The molecular weight excluding hydrogens is 310 g/mol. The van der Waals surface area contributed by atoms with Gasteiger partial charge in [-0.1, -0.05) is 36.8 Å². The Bertz CT molecular complexity index is 652. The van der Waals surface area contributed by atoms with Crippen molar-refractivity contribution in [1.82, 2.24) is 10.6 Å². The van der Waals surface area contributed by atoms with Gasteiger partial charge in [0.25, 0.3) is 0 Å². The van der Waals surface area contributed by atoms with Crippen molar-refractivity contribution in [3.63, 3.8) is 0 Å². The first-order valence-corrected chi connectivity index (χ1v) is 9.66. The van der Waals surface area contributed by atoms with E-state index < -0.39 is 14.6 Å². The Kier molecular flexibility index (Phi) is 6.62. The first kappa shape index (κ1) is 19.5. The third-order valence-electron chi connectivity index (χ3n) is 4.10. The fourth-order valence-corrected chi connectivity index (χ4v) is 2.33. The lowest BCUT2D eigenvalue weighted by atomic mass is 9.99. The van der Waals surface area contributed by atoms with Gasteiger partial charge in [0, 0.05) is 26.4 Å². The van der Waals surface area contributed by atoms with Crippen molar-refractivity contribution in [3.05, 3.63) is 35.4 Å². The standard InChI is InChI=1S/C17H29N3O2S/c1-13-8-7-9-15(10-13)14(2)11-19-16(18-5)20-12-17(3,4)23(6,21)22/h7-10,14H,11-12H2,1-6H3,(H2,18,19,20). The quantitative estimate of drug-likeness (QED) is 0.615. The summed E-state index contributed by atoms with van der Waals surface area (Å²) in [5, 5.41) is 6.35. The van der Waals surface area contributed by atoms with Crippen LogP contribution >= 0.6 is 0 Å². The summed E-state index contributed by atoms with van der Waals surface area (Å²) in [5.41, 5.74) is 2.51. The lowest BCUT2D eigenvalue weighted by Crippen LogP contribution is -2.48. The number of rotatable bonds is 6. The molecule has 0 aliphatic carbocycles. The van der Waals surface area contributed by atoms with Crippen LogP contribution < -0.4 is 10.6 Å². The average molecular weight is 340 g/mol. The number of aryl methyl sites for hydroxylation is 1. The molecule has 6 heteroatoms. The Morgan fingerprint density at radius 3 is 2.48 bits per heavy atom. The summed E-state index contributed by atoms with van der Waals surface area (Å²) in [7, 11) is -1.45. The topological polar surface area (TPSA) is 70.6 Å². The molecule has 0 saturated heterocycles. The zero-order chi connectivity index (χ0) is 17.7. The third kappa shape index (κ3) is 5.86. The molecule has 0 heterocycles. The second-order valence-electron chi connectivity index (χ2n) is 6.65. The maximum absolute atomic E-state index is 11.7. The molecular formula is C17H29N3O2S. The smallest absolute Gasteiger partial charge is 0.191 e. The molecule has 0 aromatic heterocycles. The molecule has 1 unspecified atom stereocenters. The van der Waals surface area contributed by atoms with Crippen LogP contribution in [0, 0.1) is 6.92 Å². The van der Waals surface area contributed by atoms with E-state index in [-0.39, 0.29) is 0 Å². The van der Waals surface area contributed by atoms with E-state index in [4.69, 9.17) is 0 Å². The van der Waals surface area contributed by atoms with E-state index in [0.29, 0.717) is 18.4 Å². The fourth-order valence-electron chi connectivity index (χ4n) is 1.99. The lowest BCUT2D eigenvalue weighted by Gasteiger charge is -2.24. The van der Waals surface area contributed by atoms with Gasteiger partial charge in [0.05, 0.1) is 4.75 Å². The van der Waals surface area contributed by atoms with Gasteiger partial charge in [0.15, 0.2) is 15.8 Å². The van der Waals surface area contributed by atoms with Gasteiger partial charge in [-0.3, -0.25) is 4.99 Å². The number of benzene rings is 1. The Balaban J connectivity index is 2.58. The summed E-state index contributed by atoms with van der Waals surface area (Å²) in [6, 6.07) is 8.43. The van der Waals surface area contributed by atoms with Gasteiger partial charge >= 0.3 is 0 Å². The predicted molar refractivity (Wildman–Crippen MR) is 97.9 cm³/mol. The summed E-state index contributed by atoms with van der Waals surface area (Å²) >= 11 is 0. The van der Waals surface area contributed by atoms with Crippen molar-refractivity contribution >= 4 is 15.8 Å². The van der Waals surface area contributed by atoms with Crippen LogP contribution in [0.1, 0.15) is 37.8 Å². The van der Waals surface area contributed by atoms with Crippen LogP contribution in [0.2, 0.25) is 0 Å². The third-order valence-corrected chi connectivity index (χ3v) is 6.25. The molecule has 1 rings (SSSR count). The molecule has 0 amide bonds. The zero-order valence-electron chi connectivity index (χ0n) is 15.0. The molecule has 0 saturated carbocycles. The molecule has 2 N–H and O–H groups in total. The lowest BCUT2D eigenvalue weighted by molar-refractivity contribution is 0.543. The van der Waals surface area contributed by atoms with Crippen LogP contribution in [0.15, 0.2) is 29.3 Å². The Morgan fingerprint density at radius 1 is 1.30 bits per heavy atom. The predicted octanol–water partition coefficient (Wildman–Crippen LogP) is 2.09. The van der Waals surface area contributed by atoms with Gasteiger partial charge in [0.2, 0.25) is 0 Å². The number of guanidine groups is 1. The molecule has 0 spiro atoms. The molecule has 5 nitrogen and oxygen atoms in total. The number of nitrogens with zero attached hydrogens (tertiary/aromatic N) is 1. The summed E-state index contributed by atoms with van der Waals surface area (Å²) in [6.07, 6.45) is 1.25. The Labute approximate surface area is 140 Å². The second-order valence-corrected chi connectivity index (χ2v) is 9.30. The number of aliphatic imine (C=N–C) groups is 1. The minimum absolute atomic E-state index is 0.310. The van der Waals surface area contributed by atoms with Gasteiger partial charge in [-0.05, 0) is 32.3 Å². The van der Waals surface area contributed by atoms with Crippen LogP contribution in [0.5, 0.6) is 0 Å². The van der Waals surface area contributed by atoms with Gasteiger partial charge in [-0.2, -0.15) is 0 Å². The van der Waals surface area contributed by atoms with Gasteiger partial charge in [0.1, 0.15) is 0 Å².